The van der Waals surface area contributed by atoms with Crippen molar-refractivity contribution in [2.75, 3.05) is 5.73 Å². The Bertz CT molecular complexity index is 1520. The molecule has 5 rings (SSSR count). The van der Waals surface area contributed by atoms with Gasteiger partial charge in [-0.1, -0.05) is 36.6 Å². The number of anilines is 1. The van der Waals surface area contributed by atoms with Crippen LogP contribution < -0.4 is 5.73 Å². The van der Waals surface area contributed by atoms with Gasteiger partial charge in [0.05, 0.1) is 28.0 Å². The zero-order chi connectivity index (χ0) is 25.4. The molecule has 3 heterocycles. The number of rotatable bonds is 6. The largest absolute Gasteiger partial charge is 0.385 e. The fourth-order valence-electron chi connectivity index (χ4n) is 4.15. The highest BCUT2D eigenvalue weighted by Crippen LogP contribution is 2.35. The number of aryl methyl sites for hydroxylation is 2. The van der Waals surface area contributed by atoms with Gasteiger partial charge in [-0.05, 0) is 37.5 Å². The summed E-state index contributed by atoms with van der Waals surface area (Å²) in [6, 6.07) is 12.6. The van der Waals surface area contributed by atoms with Crippen molar-refractivity contribution in [3.8, 4) is 23.1 Å². The highest BCUT2D eigenvalue weighted by molar-refractivity contribution is 6.31. The van der Waals surface area contributed by atoms with Crippen molar-refractivity contribution in [1.29, 1.82) is 5.26 Å². The fraction of sp³-hybridized carbons (Fsp3) is 0.280. The maximum atomic E-state index is 13.7. The zero-order valence-corrected chi connectivity index (χ0v) is 20.2. The van der Waals surface area contributed by atoms with E-state index in [-0.39, 0.29) is 22.4 Å². The Labute approximate surface area is 210 Å². The van der Waals surface area contributed by atoms with E-state index < -0.39 is 12.1 Å². The summed E-state index contributed by atoms with van der Waals surface area (Å²) in [4.78, 5) is 7.47. The Kier molecular flexibility index (Phi) is 6.33. The number of hydrogen-bond donors (Lipinski definition) is 2. The molecule has 1 aliphatic carbocycles. The molecule has 0 aliphatic heterocycles. The van der Waals surface area contributed by atoms with Gasteiger partial charge < -0.3 is 10.7 Å². The van der Waals surface area contributed by atoms with Gasteiger partial charge >= 0.3 is 0 Å². The molecule has 184 valence electrons. The van der Waals surface area contributed by atoms with E-state index in [1.807, 2.05) is 16.8 Å². The van der Waals surface area contributed by atoms with Crippen molar-refractivity contribution < 1.29 is 8.78 Å². The van der Waals surface area contributed by atoms with Crippen LogP contribution in [0.1, 0.15) is 42.6 Å². The minimum absolute atomic E-state index is 0.0771. The number of hydrogen-bond acceptors (Lipinski definition) is 5. The molecule has 0 spiro atoms. The van der Waals surface area contributed by atoms with Gasteiger partial charge in [-0.15, -0.1) is 0 Å². The van der Waals surface area contributed by atoms with E-state index in [1.165, 1.54) is 25.1 Å². The van der Waals surface area contributed by atoms with Crippen molar-refractivity contribution in [3.05, 3.63) is 64.6 Å². The van der Waals surface area contributed by atoms with Crippen LogP contribution in [0.2, 0.25) is 5.02 Å². The second-order valence-corrected chi connectivity index (χ2v) is 9.16. The second-order valence-electron chi connectivity index (χ2n) is 8.78. The molecule has 8 nitrogen and oxygen atoms in total. The average molecular weight is 509 g/mol. The SMILES string of the molecule is Cc1nn(-c2cc(N)[nH]c3nn(CCC4CC4)c(-c4ccc(C#N)cc4)c3ccn2)c(C(F)F)c1Cl. The lowest BCUT2D eigenvalue weighted by molar-refractivity contribution is 0.142. The van der Waals surface area contributed by atoms with Gasteiger partial charge in [0.1, 0.15) is 11.5 Å². The molecule has 0 atom stereocenters. The molecule has 36 heavy (non-hydrogen) atoms. The standard InChI is InChI=1S/C25H23ClF2N8/c1-14-21(26)23(24(27)28)36(33-14)20-12-19(30)32-25-18(8-10-31-20)22(17-6-4-16(13-29)5-7-17)35(34-25)11-9-15-2-3-15/h4-8,10,12,15,24H,2-3,9,11,30H2,1H3,(H,32,34). The van der Waals surface area contributed by atoms with Crippen LogP contribution in [-0.2, 0) is 6.54 Å². The van der Waals surface area contributed by atoms with Gasteiger partial charge in [0.25, 0.3) is 6.43 Å². The minimum Gasteiger partial charge on any atom is -0.385 e. The first kappa shape index (κ1) is 23.8. The van der Waals surface area contributed by atoms with Crippen LogP contribution in [-0.4, -0.2) is 29.5 Å². The summed E-state index contributed by atoms with van der Waals surface area (Å²) >= 11 is 6.07. The van der Waals surface area contributed by atoms with E-state index in [1.54, 1.807) is 25.1 Å². The predicted octanol–water partition coefficient (Wildman–Crippen LogP) is 5.89. The van der Waals surface area contributed by atoms with Crippen molar-refractivity contribution in [2.45, 2.75) is 39.2 Å². The Balaban J connectivity index is 1.70. The third-order valence-corrected chi connectivity index (χ3v) is 6.63. The Hall–Kier alpha value is -3.97. The molecule has 1 saturated carbocycles. The summed E-state index contributed by atoms with van der Waals surface area (Å²) in [5.41, 5.74) is 8.85. The van der Waals surface area contributed by atoms with Gasteiger partial charge in [-0.3, -0.25) is 4.68 Å². The van der Waals surface area contributed by atoms with Crippen molar-refractivity contribution in [3.63, 3.8) is 0 Å². The number of halogens is 3. The molecule has 0 unspecified atom stereocenters. The van der Waals surface area contributed by atoms with E-state index in [2.05, 4.69) is 21.1 Å². The van der Waals surface area contributed by atoms with Crippen molar-refractivity contribution in [2.24, 2.45) is 5.92 Å². The van der Waals surface area contributed by atoms with Crippen LogP contribution in [0.5, 0.6) is 0 Å². The number of H-pyrrole nitrogens is 1. The minimum atomic E-state index is -2.85. The Morgan fingerprint density at radius 3 is 2.64 bits per heavy atom. The maximum absolute atomic E-state index is 13.7. The van der Waals surface area contributed by atoms with E-state index >= 15 is 0 Å². The van der Waals surface area contributed by atoms with Crippen LogP contribution in [0.25, 0.3) is 28.1 Å². The van der Waals surface area contributed by atoms with E-state index in [0.717, 1.165) is 34.3 Å². The molecule has 0 amide bonds. The number of fused-ring (bicyclic) bond motifs is 1. The molecule has 0 saturated heterocycles. The number of alkyl halides is 2. The monoisotopic (exact) mass is 508 g/mol. The summed E-state index contributed by atoms with van der Waals surface area (Å²) in [5.74, 6) is 0.942. The maximum Gasteiger partial charge on any atom is 0.282 e. The number of nitrogens with two attached hydrogens (primary N) is 1. The molecule has 0 bridgehead atoms. The highest BCUT2D eigenvalue weighted by atomic mass is 35.5. The predicted molar refractivity (Wildman–Crippen MR) is 133 cm³/mol. The van der Waals surface area contributed by atoms with Gasteiger partial charge in [-0.25, -0.2) is 18.4 Å². The van der Waals surface area contributed by atoms with Gasteiger partial charge in [0.2, 0.25) is 0 Å². The summed E-state index contributed by atoms with van der Waals surface area (Å²) in [6.07, 6.45) is 2.13. The molecule has 4 aromatic rings. The normalized spacial score (nSPS) is 13.2. The molecular weight excluding hydrogens is 486 g/mol. The van der Waals surface area contributed by atoms with Gasteiger partial charge in [0.15, 0.2) is 11.5 Å². The Morgan fingerprint density at radius 1 is 1.22 bits per heavy atom. The quantitative estimate of drug-likeness (QED) is 0.337. The number of nitrogens with one attached hydrogen (secondary N) is 1. The molecule has 3 aromatic heterocycles. The number of aromatic amines is 1. The van der Waals surface area contributed by atoms with Crippen molar-refractivity contribution >= 4 is 28.5 Å². The molecule has 1 fully saturated rings. The third-order valence-electron chi connectivity index (χ3n) is 6.16. The lowest BCUT2D eigenvalue weighted by Gasteiger charge is -2.08. The summed E-state index contributed by atoms with van der Waals surface area (Å²) in [6.45, 7) is 2.27. The van der Waals surface area contributed by atoms with Crippen molar-refractivity contribution in [1.82, 2.24) is 29.5 Å². The first-order chi connectivity index (χ1) is 17.4. The van der Waals surface area contributed by atoms with E-state index in [0.29, 0.717) is 17.1 Å². The fourth-order valence-corrected chi connectivity index (χ4v) is 4.35. The number of nitriles is 1. The first-order valence-electron chi connectivity index (χ1n) is 11.5. The van der Waals surface area contributed by atoms with Crippen LogP contribution in [0, 0.1) is 24.2 Å². The van der Waals surface area contributed by atoms with Crippen LogP contribution >= 0.6 is 11.6 Å². The summed E-state index contributed by atoms with van der Waals surface area (Å²) < 4.78 is 30.4. The lowest BCUT2D eigenvalue weighted by Crippen LogP contribution is -2.05. The van der Waals surface area contributed by atoms with Gasteiger partial charge in [0, 0.05) is 29.8 Å². The molecule has 1 aromatic carbocycles. The molecular formula is C25H23ClF2N8. The number of benzene rings is 1. The zero-order valence-electron chi connectivity index (χ0n) is 19.4. The van der Waals surface area contributed by atoms with Crippen LogP contribution in [0.3, 0.4) is 0 Å². The van der Waals surface area contributed by atoms with Crippen LogP contribution in [0.4, 0.5) is 14.6 Å². The molecule has 0 radical (unpaired) electrons. The molecule has 11 heteroatoms. The topological polar surface area (TPSA) is 114 Å². The third kappa shape index (κ3) is 4.62. The summed E-state index contributed by atoms with van der Waals surface area (Å²) in [7, 11) is 0. The number of aromatic nitrogens is 6. The second kappa shape index (κ2) is 9.59. The smallest absolute Gasteiger partial charge is 0.282 e. The van der Waals surface area contributed by atoms with E-state index in [4.69, 9.17) is 22.4 Å². The number of nitrogens with zero attached hydrogens (tertiary/aromatic N) is 6. The lowest BCUT2D eigenvalue weighted by atomic mass is 10.1. The first-order valence-corrected chi connectivity index (χ1v) is 11.9. The highest BCUT2D eigenvalue weighted by Gasteiger charge is 2.24. The van der Waals surface area contributed by atoms with Crippen LogP contribution in [0.15, 0.2) is 42.6 Å². The van der Waals surface area contributed by atoms with Gasteiger partial charge in [-0.2, -0.15) is 15.5 Å². The molecule has 3 N–H and O–H groups in total. The number of nitrogen functional groups attached to an aromatic ring is 1. The molecule has 1 aliphatic rings. The Morgan fingerprint density at radius 2 is 1.97 bits per heavy atom. The average Bonchev–Trinajstić information content (AvgIpc) is 3.54. The summed E-state index contributed by atoms with van der Waals surface area (Å²) in [5, 5.41) is 18.7. The van der Waals surface area contributed by atoms with E-state index in [9.17, 15) is 14.0 Å².